The molecule has 0 spiro atoms. The lowest BCUT2D eigenvalue weighted by molar-refractivity contribution is 0.0951. The maximum absolute atomic E-state index is 12.9. The van der Waals surface area contributed by atoms with E-state index in [4.69, 9.17) is 4.74 Å². The standard InChI is InChI=1S/C21H36N4O4S/c1-5-25(6-2)30(27,28)20-17-18(9-10-19(20)29-4)21(26)22-11-7-8-12-24-15-13-23(3)14-16-24/h9-10,17H,5-8,11-16H2,1-4H3,(H,22,26). The van der Waals surface area contributed by atoms with Crippen LogP contribution in [0.1, 0.15) is 37.0 Å². The molecule has 1 aromatic rings. The van der Waals surface area contributed by atoms with Crippen LogP contribution in [0, 0.1) is 0 Å². The number of methoxy groups -OCH3 is 1. The smallest absolute Gasteiger partial charge is 0.251 e. The summed E-state index contributed by atoms with van der Waals surface area (Å²) in [4.78, 5) is 17.4. The lowest BCUT2D eigenvalue weighted by Crippen LogP contribution is -2.44. The quantitative estimate of drug-likeness (QED) is 0.525. The first-order valence-corrected chi connectivity index (χ1v) is 12.1. The van der Waals surface area contributed by atoms with E-state index >= 15 is 0 Å². The molecule has 0 atom stereocenters. The number of ether oxygens (including phenoxy) is 1. The highest BCUT2D eigenvalue weighted by Crippen LogP contribution is 2.27. The van der Waals surface area contributed by atoms with E-state index in [1.807, 2.05) is 0 Å². The van der Waals surface area contributed by atoms with Crippen LogP contribution in [0.4, 0.5) is 0 Å². The van der Waals surface area contributed by atoms with Gasteiger partial charge in [-0.2, -0.15) is 4.31 Å². The number of unbranched alkanes of at least 4 members (excludes halogenated alkanes) is 1. The predicted octanol–water partition coefficient (Wildman–Crippen LogP) is 1.48. The Bertz CT molecular complexity index is 788. The van der Waals surface area contributed by atoms with E-state index in [-0.39, 0.29) is 16.6 Å². The Morgan fingerprint density at radius 1 is 1.13 bits per heavy atom. The topological polar surface area (TPSA) is 82.2 Å². The first-order valence-electron chi connectivity index (χ1n) is 10.7. The van der Waals surface area contributed by atoms with E-state index in [9.17, 15) is 13.2 Å². The monoisotopic (exact) mass is 440 g/mol. The van der Waals surface area contributed by atoms with Gasteiger partial charge in [0.05, 0.1) is 7.11 Å². The zero-order valence-corrected chi connectivity index (χ0v) is 19.5. The summed E-state index contributed by atoms with van der Waals surface area (Å²) in [7, 11) is -0.155. The van der Waals surface area contributed by atoms with Crippen LogP contribution in [0.25, 0.3) is 0 Å². The summed E-state index contributed by atoms with van der Waals surface area (Å²) in [6, 6.07) is 4.55. The molecule has 170 valence electrons. The fourth-order valence-corrected chi connectivity index (χ4v) is 5.20. The van der Waals surface area contributed by atoms with Crippen molar-refractivity contribution in [3.05, 3.63) is 23.8 Å². The number of piperazine rings is 1. The zero-order valence-electron chi connectivity index (χ0n) is 18.7. The van der Waals surface area contributed by atoms with Crippen LogP contribution in [-0.4, -0.2) is 94.9 Å². The SMILES string of the molecule is CCN(CC)S(=O)(=O)c1cc(C(=O)NCCCCN2CCN(C)CC2)ccc1OC. The van der Waals surface area contributed by atoms with Crippen LogP contribution >= 0.6 is 0 Å². The maximum atomic E-state index is 12.9. The van der Waals surface area contributed by atoms with E-state index in [0.29, 0.717) is 25.2 Å². The van der Waals surface area contributed by atoms with Crippen molar-refractivity contribution in [3.8, 4) is 5.75 Å². The Kier molecular flexibility index (Phi) is 9.54. The number of amides is 1. The van der Waals surface area contributed by atoms with E-state index in [2.05, 4.69) is 22.2 Å². The molecule has 0 aliphatic carbocycles. The summed E-state index contributed by atoms with van der Waals surface area (Å²) < 4.78 is 32.4. The number of likely N-dealkylation sites (N-methyl/N-ethyl adjacent to an activating group) is 1. The summed E-state index contributed by atoms with van der Waals surface area (Å²) in [6.07, 6.45) is 1.91. The Morgan fingerprint density at radius 3 is 2.40 bits per heavy atom. The van der Waals surface area contributed by atoms with Gasteiger partial charge >= 0.3 is 0 Å². The van der Waals surface area contributed by atoms with Crippen molar-refractivity contribution < 1.29 is 17.9 Å². The van der Waals surface area contributed by atoms with Gasteiger partial charge in [-0.25, -0.2) is 8.42 Å². The molecule has 0 unspecified atom stereocenters. The van der Waals surface area contributed by atoms with E-state index < -0.39 is 10.0 Å². The zero-order chi connectivity index (χ0) is 22.1. The molecule has 1 aromatic carbocycles. The molecule has 1 aliphatic heterocycles. The Labute approximate surface area is 181 Å². The normalized spacial score (nSPS) is 16.0. The summed E-state index contributed by atoms with van der Waals surface area (Å²) >= 11 is 0. The summed E-state index contributed by atoms with van der Waals surface area (Å²) in [5.74, 6) is -0.0288. The van der Waals surface area contributed by atoms with Gasteiger partial charge in [0.25, 0.3) is 5.91 Å². The number of hydrogen-bond acceptors (Lipinski definition) is 6. The lowest BCUT2D eigenvalue weighted by atomic mass is 10.2. The van der Waals surface area contributed by atoms with Gasteiger partial charge in [0.15, 0.2) is 0 Å². The van der Waals surface area contributed by atoms with Crippen LogP contribution in [0.15, 0.2) is 23.1 Å². The second-order valence-corrected chi connectivity index (χ2v) is 9.47. The van der Waals surface area contributed by atoms with Gasteiger partial charge in [-0.3, -0.25) is 4.79 Å². The highest BCUT2D eigenvalue weighted by molar-refractivity contribution is 7.89. The van der Waals surface area contributed by atoms with Crippen molar-refractivity contribution in [2.75, 3.05) is 66.5 Å². The highest BCUT2D eigenvalue weighted by Gasteiger charge is 2.26. The fraction of sp³-hybridized carbons (Fsp3) is 0.667. The molecule has 1 fully saturated rings. The van der Waals surface area contributed by atoms with Crippen molar-refractivity contribution in [1.82, 2.24) is 19.4 Å². The van der Waals surface area contributed by atoms with Gasteiger partial charge < -0.3 is 19.9 Å². The van der Waals surface area contributed by atoms with Crippen molar-refractivity contribution in [1.29, 1.82) is 0 Å². The molecule has 0 bridgehead atoms. The minimum absolute atomic E-state index is 0.0245. The average molecular weight is 441 g/mol. The van der Waals surface area contributed by atoms with Crippen molar-refractivity contribution in [2.45, 2.75) is 31.6 Å². The third-order valence-corrected chi connectivity index (χ3v) is 7.60. The molecule has 1 amide bonds. The number of rotatable bonds is 11. The Morgan fingerprint density at radius 2 is 1.80 bits per heavy atom. The molecule has 9 heteroatoms. The predicted molar refractivity (Wildman–Crippen MR) is 119 cm³/mol. The van der Waals surface area contributed by atoms with E-state index in [1.54, 1.807) is 26.0 Å². The van der Waals surface area contributed by atoms with Crippen LogP contribution in [0.5, 0.6) is 5.75 Å². The van der Waals surface area contributed by atoms with Crippen molar-refractivity contribution >= 4 is 15.9 Å². The first kappa shape index (κ1) is 24.6. The third kappa shape index (κ3) is 6.41. The molecule has 2 rings (SSSR count). The Hall–Kier alpha value is -1.68. The molecule has 30 heavy (non-hydrogen) atoms. The molecule has 1 heterocycles. The summed E-state index contributed by atoms with van der Waals surface area (Å²) in [6.45, 7) is 10.3. The highest BCUT2D eigenvalue weighted by atomic mass is 32.2. The molecule has 1 saturated heterocycles. The fourth-order valence-electron chi connectivity index (χ4n) is 3.56. The molecule has 1 N–H and O–H groups in total. The lowest BCUT2D eigenvalue weighted by Gasteiger charge is -2.32. The second kappa shape index (κ2) is 11.6. The van der Waals surface area contributed by atoms with Crippen molar-refractivity contribution in [2.24, 2.45) is 0 Å². The van der Waals surface area contributed by atoms with Gasteiger partial charge in [-0.1, -0.05) is 13.8 Å². The number of benzene rings is 1. The van der Waals surface area contributed by atoms with Crippen LogP contribution in [-0.2, 0) is 10.0 Å². The molecule has 8 nitrogen and oxygen atoms in total. The number of nitrogens with zero attached hydrogens (tertiary/aromatic N) is 3. The minimum atomic E-state index is -3.73. The van der Waals surface area contributed by atoms with Gasteiger partial charge in [-0.15, -0.1) is 0 Å². The minimum Gasteiger partial charge on any atom is -0.495 e. The van der Waals surface area contributed by atoms with Crippen molar-refractivity contribution in [3.63, 3.8) is 0 Å². The molecular weight excluding hydrogens is 404 g/mol. The third-order valence-electron chi connectivity index (χ3n) is 5.53. The van der Waals surface area contributed by atoms with Crippen LogP contribution in [0.2, 0.25) is 0 Å². The van der Waals surface area contributed by atoms with E-state index in [0.717, 1.165) is 45.6 Å². The number of carbonyl (C=O) groups is 1. The first-order chi connectivity index (χ1) is 14.3. The number of sulfonamides is 1. The number of hydrogen-bond donors (Lipinski definition) is 1. The summed E-state index contributed by atoms with van der Waals surface area (Å²) in [5, 5.41) is 2.90. The average Bonchev–Trinajstić information content (AvgIpc) is 2.74. The van der Waals surface area contributed by atoms with Gasteiger partial charge in [0.1, 0.15) is 10.6 Å². The van der Waals surface area contributed by atoms with Gasteiger partial charge in [-0.05, 0) is 44.6 Å². The molecule has 0 radical (unpaired) electrons. The molecule has 0 saturated carbocycles. The van der Waals surface area contributed by atoms with Gasteiger partial charge in [0, 0.05) is 51.4 Å². The summed E-state index contributed by atoms with van der Waals surface area (Å²) in [5.41, 5.74) is 0.320. The number of nitrogens with one attached hydrogen (secondary N) is 1. The number of carbonyl (C=O) groups excluding carboxylic acids is 1. The largest absolute Gasteiger partial charge is 0.495 e. The second-order valence-electron chi connectivity index (χ2n) is 7.56. The Balaban J connectivity index is 1.93. The maximum Gasteiger partial charge on any atom is 0.251 e. The van der Waals surface area contributed by atoms with Gasteiger partial charge in [0.2, 0.25) is 10.0 Å². The molecular formula is C21H36N4O4S. The molecule has 1 aliphatic rings. The molecule has 0 aromatic heterocycles. The van der Waals surface area contributed by atoms with Crippen LogP contribution < -0.4 is 10.1 Å². The van der Waals surface area contributed by atoms with Crippen LogP contribution in [0.3, 0.4) is 0 Å². The van der Waals surface area contributed by atoms with E-state index in [1.165, 1.54) is 17.5 Å².